The summed E-state index contributed by atoms with van der Waals surface area (Å²) in [6.45, 7) is 5.97. The normalized spacial score (nSPS) is 14.9. The number of nitrogens with one attached hydrogen (secondary N) is 1. The number of ether oxygens (including phenoxy) is 1. The van der Waals surface area contributed by atoms with Gasteiger partial charge in [0.15, 0.2) is 0 Å². The lowest BCUT2D eigenvalue weighted by Gasteiger charge is -2.26. The van der Waals surface area contributed by atoms with E-state index >= 15 is 0 Å². The number of para-hydroxylation sites is 1. The lowest BCUT2D eigenvalue weighted by molar-refractivity contribution is 0.0378. The molecule has 1 saturated heterocycles. The van der Waals surface area contributed by atoms with E-state index in [4.69, 9.17) is 4.74 Å². The molecule has 1 fully saturated rings. The van der Waals surface area contributed by atoms with E-state index in [9.17, 15) is 0 Å². The summed E-state index contributed by atoms with van der Waals surface area (Å²) in [5, 5.41) is 4.59. The molecule has 4 nitrogen and oxygen atoms in total. The Balaban J connectivity index is 0.00000121. The highest BCUT2D eigenvalue weighted by Gasteiger charge is 2.08. The third-order valence-electron chi connectivity index (χ3n) is 3.66. The fourth-order valence-corrected chi connectivity index (χ4v) is 2.51. The van der Waals surface area contributed by atoms with E-state index in [1.165, 1.54) is 5.39 Å². The summed E-state index contributed by atoms with van der Waals surface area (Å²) in [5.41, 5.74) is 1.05. The number of benzene rings is 1. The summed E-state index contributed by atoms with van der Waals surface area (Å²) in [5.74, 6) is 0.964. The van der Waals surface area contributed by atoms with Gasteiger partial charge in [0.1, 0.15) is 5.82 Å². The summed E-state index contributed by atoms with van der Waals surface area (Å²) < 4.78 is 5.35. The van der Waals surface area contributed by atoms with Crippen LogP contribution in [0.2, 0.25) is 0 Å². The Bertz CT molecular complexity index is 562. The average molecular weight is 344 g/mol. The minimum absolute atomic E-state index is 0. The van der Waals surface area contributed by atoms with Gasteiger partial charge in [-0.15, -0.1) is 24.8 Å². The van der Waals surface area contributed by atoms with Gasteiger partial charge < -0.3 is 10.1 Å². The van der Waals surface area contributed by atoms with Gasteiger partial charge in [0.25, 0.3) is 0 Å². The van der Waals surface area contributed by atoms with Gasteiger partial charge in [-0.05, 0) is 31.2 Å². The molecule has 0 aliphatic carbocycles. The van der Waals surface area contributed by atoms with Crippen molar-refractivity contribution in [3.63, 3.8) is 0 Å². The standard InChI is InChI=1S/C16H21N3O.2ClH/c1-2-5-15-14(4-1)6-7-16(18-15)17-8-3-9-19-10-12-20-13-11-19;;/h1-2,4-7H,3,8-13H2,(H,17,18);2*1H. The number of pyridine rings is 1. The lowest BCUT2D eigenvalue weighted by atomic mass is 10.2. The van der Waals surface area contributed by atoms with Gasteiger partial charge in [-0.3, -0.25) is 4.90 Å². The van der Waals surface area contributed by atoms with Crippen molar-refractivity contribution in [3.8, 4) is 0 Å². The summed E-state index contributed by atoms with van der Waals surface area (Å²) in [4.78, 5) is 7.07. The Hall–Kier alpha value is -1.07. The predicted octanol–water partition coefficient (Wildman–Crippen LogP) is 3.21. The van der Waals surface area contributed by atoms with E-state index in [0.717, 1.165) is 57.1 Å². The first-order chi connectivity index (χ1) is 9.92. The molecule has 0 radical (unpaired) electrons. The molecule has 0 saturated carbocycles. The summed E-state index contributed by atoms with van der Waals surface area (Å²) in [6, 6.07) is 12.4. The second-order valence-electron chi connectivity index (χ2n) is 5.12. The molecule has 1 aromatic heterocycles. The van der Waals surface area contributed by atoms with Crippen LogP contribution in [0.5, 0.6) is 0 Å². The van der Waals surface area contributed by atoms with Gasteiger partial charge in [0.2, 0.25) is 0 Å². The minimum atomic E-state index is 0. The molecule has 0 spiro atoms. The maximum Gasteiger partial charge on any atom is 0.126 e. The van der Waals surface area contributed by atoms with E-state index in [1.54, 1.807) is 0 Å². The van der Waals surface area contributed by atoms with Crippen molar-refractivity contribution in [1.82, 2.24) is 9.88 Å². The molecule has 1 aromatic carbocycles. The molecular weight excluding hydrogens is 321 g/mol. The Kier molecular flexibility index (Phi) is 8.49. The number of anilines is 1. The van der Waals surface area contributed by atoms with Gasteiger partial charge in [0.05, 0.1) is 18.7 Å². The van der Waals surface area contributed by atoms with Crippen molar-refractivity contribution >= 4 is 41.5 Å². The molecule has 0 atom stereocenters. The minimum Gasteiger partial charge on any atom is -0.379 e. The van der Waals surface area contributed by atoms with Crippen LogP contribution in [0.15, 0.2) is 36.4 Å². The zero-order valence-electron chi connectivity index (χ0n) is 12.5. The average Bonchev–Trinajstić information content (AvgIpc) is 2.52. The van der Waals surface area contributed by atoms with E-state index in [-0.39, 0.29) is 24.8 Å². The molecule has 0 amide bonds. The van der Waals surface area contributed by atoms with Crippen LogP contribution in [0, 0.1) is 0 Å². The molecule has 2 heterocycles. The highest BCUT2D eigenvalue weighted by molar-refractivity contribution is 5.85. The number of hydrogen-bond acceptors (Lipinski definition) is 4. The molecule has 1 N–H and O–H groups in total. The molecule has 22 heavy (non-hydrogen) atoms. The van der Waals surface area contributed by atoms with Crippen molar-refractivity contribution in [2.75, 3.05) is 44.7 Å². The van der Waals surface area contributed by atoms with Crippen LogP contribution in [0.3, 0.4) is 0 Å². The number of fused-ring (bicyclic) bond motifs is 1. The van der Waals surface area contributed by atoms with Crippen molar-refractivity contribution in [1.29, 1.82) is 0 Å². The third-order valence-corrected chi connectivity index (χ3v) is 3.66. The van der Waals surface area contributed by atoms with Gasteiger partial charge >= 0.3 is 0 Å². The SMILES string of the molecule is Cl.Cl.c1ccc2nc(NCCCN3CCOCC3)ccc2c1. The number of nitrogens with zero attached hydrogens (tertiary/aromatic N) is 2. The third kappa shape index (κ3) is 5.29. The molecule has 0 bridgehead atoms. The fourth-order valence-electron chi connectivity index (χ4n) is 2.51. The number of hydrogen-bond donors (Lipinski definition) is 1. The van der Waals surface area contributed by atoms with Crippen molar-refractivity contribution in [2.45, 2.75) is 6.42 Å². The van der Waals surface area contributed by atoms with Crippen LogP contribution in [0.1, 0.15) is 6.42 Å². The lowest BCUT2D eigenvalue weighted by Crippen LogP contribution is -2.37. The first-order valence-electron chi connectivity index (χ1n) is 7.31. The second-order valence-corrected chi connectivity index (χ2v) is 5.12. The summed E-state index contributed by atoms with van der Waals surface area (Å²) >= 11 is 0. The molecular formula is C16H23Cl2N3O. The molecule has 1 aliphatic rings. The predicted molar refractivity (Wildman–Crippen MR) is 96.6 cm³/mol. The van der Waals surface area contributed by atoms with Crippen LogP contribution in [0.25, 0.3) is 10.9 Å². The Morgan fingerprint density at radius 3 is 2.64 bits per heavy atom. The van der Waals surface area contributed by atoms with E-state index in [2.05, 4.69) is 33.4 Å². The van der Waals surface area contributed by atoms with Gasteiger partial charge in [-0.1, -0.05) is 18.2 Å². The molecule has 3 rings (SSSR count). The molecule has 1 aliphatic heterocycles. The van der Waals surface area contributed by atoms with Crippen LogP contribution in [0.4, 0.5) is 5.82 Å². The van der Waals surface area contributed by atoms with E-state index in [1.807, 2.05) is 18.2 Å². The molecule has 6 heteroatoms. The topological polar surface area (TPSA) is 37.4 Å². The quantitative estimate of drug-likeness (QED) is 0.846. The van der Waals surface area contributed by atoms with Gasteiger partial charge in [0, 0.05) is 25.0 Å². The monoisotopic (exact) mass is 343 g/mol. The molecule has 122 valence electrons. The van der Waals surface area contributed by atoms with Crippen LogP contribution < -0.4 is 5.32 Å². The smallest absolute Gasteiger partial charge is 0.126 e. The van der Waals surface area contributed by atoms with Gasteiger partial charge in [-0.25, -0.2) is 4.98 Å². The highest BCUT2D eigenvalue weighted by atomic mass is 35.5. The van der Waals surface area contributed by atoms with E-state index in [0.29, 0.717) is 0 Å². The first kappa shape index (κ1) is 19.0. The highest BCUT2D eigenvalue weighted by Crippen LogP contribution is 2.14. The first-order valence-corrected chi connectivity index (χ1v) is 7.31. The Morgan fingerprint density at radius 1 is 1.05 bits per heavy atom. The number of aromatic nitrogens is 1. The maximum absolute atomic E-state index is 5.35. The van der Waals surface area contributed by atoms with Crippen LogP contribution in [-0.4, -0.2) is 49.3 Å². The zero-order chi connectivity index (χ0) is 13.6. The summed E-state index contributed by atoms with van der Waals surface area (Å²) in [7, 11) is 0. The zero-order valence-corrected chi connectivity index (χ0v) is 14.2. The Labute approximate surface area is 144 Å². The van der Waals surface area contributed by atoms with Crippen molar-refractivity contribution < 1.29 is 4.74 Å². The van der Waals surface area contributed by atoms with E-state index < -0.39 is 0 Å². The number of rotatable bonds is 5. The molecule has 0 unspecified atom stereocenters. The van der Waals surface area contributed by atoms with Crippen molar-refractivity contribution in [3.05, 3.63) is 36.4 Å². The maximum atomic E-state index is 5.35. The number of halogens is 2. The number of morpholine rings is 1. The fraction of sp³-hybridized carbons (Fsp3) is 0.438. The Morgan fingerprint density at radius 2 is 1.82 bits per heavy atom. The van der Waals surface area contributed by atoms with Crippen LogP contribution in [-0.2, 0) is 4.74 Å². The second kappa shape index (κ2) is 9.85. The van der Waals surface area contributed by atoms with Crippen molar-refractivity contribution in [2.24, 2.45) is 0 Å². The van der Waals surface area contributed by atoms with Gasteiger partial charge in [-0.2, -0.15) is 0 Å². The summed E-state index contributed by atoms with van der Waals surface area (Å²) in [6.07, 6.45) is 1.13. The largest absolute Gasteiger partial charge is 0.379 e. The molecule has 2 aromatic rings. The van der Waals surface area contributed by atoms with Crippen LogP contribution >= 0.6 is 24.8 Å².